The molecule has 4 atom stereocenters. The Bertz CT molecular complexity index is 1920. The lowest BCUT2D eigenvalue weighted by molar-refractivity contribution is -0.137. The Labute approximate surface area is 327 Å². The van der Waals surface area contributed by atoms with Crippen molar-refractivity contribution in [3.63, 3.8) is 0 Å². The van der Waals surface area contributed by atoms with Gasteiger partial charge >= 0.3 is 6.03 Å². The minimum absolute atomic E-state index is 0.0907. The Balaban J connectivity index is 1.38. The number of hydrogen-bond acceptors (Lipinski definition) is 11. The molecule has 4 amide bonds. The number of likely N-dealkylation sites (N-methyl/N-ethyl adjacent to an activating group) is 1. The van der Waals surface area contributed by atoms with Gasteiger partial charge in [0.05, 0.1) is 6.33 Å². The zero-order chi connectivity index (χ0) is 40.5. The average molecular weight is 773 g/mol. The number of anilines is 1. The average Bonchev–Trinajstić information content (AvgIpc) is 3.71. The van der Waals surface area contributed by atoms with Gasteiger partial charge < -0.3 is 41.5 Å². The van der Waals surface area contributed by atoms with Gasteiger partial charge in [-0.15, -0.1) is 0 Å². The molecule has 0 saturated carbocycles. The maximum absolute atomic E-state index is 13.6. The van der Waals surface area contributed by atoms with Gasteiger partial charge in [0.15, 0.2) is 29.3 Å². The van der Waals surface area contributed by atoms with Crippen LogP contribution in [0.5, 0.6) is 0 Å². The van der Waals surface area contributed by atoms with E-state index >= 15 is 0 Å². The van der Waals surface area contributed by atoms with E-state index in [1.165, 1.54) is 10.9 Å². The van der Waals surface area contributed by atoms with E-state index in [4.69, 9.17) is 4.74 Å². The highest BCUT2D eigenvalue weighted by molar-refractivity contribution is 5.94. The number of nitrogens with one attached hydrogen (secondary N) is 5. The fourth-order valence-electron chi connectivity index (χ4n) is 7.01. The van der Waals surface area contributed by atoms with Gasteiger partial charge in [-0.3, -0.25) is 19.1 Å². The third-order valence-corrected chi connectivity index (χ3v) is 9.79. The van der Waals surface area contributed by atoms with E-state index < -0.39 is 36.4 Å². The Morgan fingerprint density at radius 2 is 1.48 bits per heavy atom. The van der Waals surface area contributed by atoms with Crippen LogP contribution in [0, 0.1) is 13.8 Å². The summed E-state index contributed by atoms with van der Waals surface area (Å²) in [5, 5.41) is 36.2. The maximum atomic E-state index is 13.6. The Morgan fingerprint density at radius 3 is 2.09 bits per heavy atom. The number of aromatic nitrogens is 4. The van der Waals surface area contributed by atoms with Crippen LogP contribution in [-0.4, -0.2) is 122 Å². The van der Waals surface area contributed by atoms with Gasteiger partial charge in [-0.05, 0) is 59.6 Å². The monoisotopic (exact) mass is 772 g/mol. The molecule has 1 aliphatic heterocycles. The van der Waals surface area contributed by atoms with E-state index in [1.807, 2.05) is 38.1 Å². The smallest absolute Gasteiger partial charge is 0.314 e. The van der Waals surface area contributed by atoms with E-state index in [-0.39, 0.29) is 47.8 Å². The second-order valence-electron chi connectivity index (χ2n) is 14.7. The van der Waals surface area contributed by atoms with Crippen LogP contribution in [0.3, 0.4) is 0 Å². The molecule has 0 spiro atoms. The third kappa shape index (κ3) is 10.2. The molecule has 2 aromatic heterocycles. The summed E-state index contributed by atoms with van der Waals surface area (Å²) >= 11 is 0. The quantitative estimate of drug-likeness (QED) is 0.0777. The van der Waals surface area contributed by atoms with Gasteiger partial charge in [-0.25, -0.2) is 19.7 Å². The molecule has 2 aromatic carbocycles. The van der Waals surface area contributed by atoms with Crippen molar-refractivity contribution >= 4 is 34.8 Å². The minimum atomic E-state index is -1.52. The zero-order valence-electron chi connectivity index (χ0n) is 33.2. The van der Waals surface area contributed by atoms with Gasteiger partial charge in [0.25, 0.3) is 11.8 Å². The van der Waals surface area contributed by atoms with Crippen molar-refractivity contribution in [3.8, 4) is 0 Å². The lowest BCUT2D eigenvalue weighted by Crippen LogP contribution is -2.45. The molecule has 0 aliphatic carbocycles. The van der Waals surface area contributed by atoms with Crippen molar-refractivity contribution < 1.29 is 29.3 Å². The van der Waals surface area contributed by atoms with E-state index in [0.29, 0.717) is 38.3 Å². The third-order valence-electron chi connectivity index (χ3n) is 9.79. The summed E-state index contributed by atoms with van der Waals surface area (Å²) < 4.78 is 7.26. The number of hydrogen-bond donors (Lipinski definition) is 7. The van der Waals surface area contributed by atoms with Gasteiger partial charge in [-0.1, -0.05) is 59.7 Å². The number of amides is 4. The number of carbonyl (C=O) groups excluding carboxylic acids is 3. The number of aryl methyl sites for hydroxylation is 2. The molecule has 56 heavy (non-hydrogen) atoms. The van der Waals surface area contributed by atoms with Gasteiger partial charge in [-0.2, -0.15) is 0 Å². The van der Waals surface area contributed by atoms with Crippen molar-refractivity contribution in [2.75, 3.05) is 44.6 Å². The standard InChI is InChI=1S/C40H56N10O6/c1-8-41-37(53)33-31(51)32(52)39(56-33)50-22-46-30-34(45-21-29(27-13-9-11-25(6)19-27)28-14-10-12-26(7)20-28)47-35(48-36(30)50)38(54)42-15-16-43-40(55)44-17-18-49(23(2)3)24(4)5/h9-14,19-20,22-24,29,31-33,39,51-52H,8,15-18,21H2,1-7H3,(H,41,53)(H,42,54)(H2,43,44,55)(H,45,47,48). The van der Waals surface area contributed by atoms with Crippen molar-refractivity contribution in [1.29, 1.82) is 0 Å². The number of carbonyl (C=O) groups is 3. The maximum Gasteiger partial charge on any atom is 0.314 e. The summed E-state index contributed by atoms with van der Waals surface area (Å²) in [4.78, 5) is 54.7. The Kier molecular flexibility index (Phi) is 14.3. The summed E-state index contributed by atoms with van der Waals surface area (Å²) in [5.74, 6) is -1.24. The molecule has 3 heterocycles. The highest BCUT2D eigenvalue weighted by Gasteiger charge is 2.47. The molecular weight excluding hydrogens is 717 g/mol. The summed E-state index contributed by atoms with van der Waals surface area (Å²) in [5.41, 5.74) is 4.81. The number of rotatable bonds is 17. The van der Waals surface area contributed by atoms with E-state index in [9.17, 15) is 24.6 Å². The molecule has 4 aromatic rings. The molecule has 16 heteroatoms. The summed E-state index contributed by atoms with van der Waals surface area (Å²) in [6.07, 6.45) is -4.25. The largest absolute Gasteiger partial charge is 0.387 e. The number of benzene rings is 2. The van der Waals surface area contributed by atoms with Crippen LogP contribution in [0.15, 0.2) is 54.9 Å². The first-order valence-electron chi connectivity index (χ1n) is 19.3. The molecular formula is C40H56N10O6. The number of nitrogens with zero attached hydrogens (tertiary/aromatic N) is 5. The Morgan fingerprint density at radius 1 is 0.857 bits per heavy atom. The predicted molar refractivity (Wildman–Crippen MR) is 213 cm³/mol. The minimum Gasteiger partial charge on any atom is -0.387 e. The van der Waals surface area contributed by atoms with Crippen LogP contribution in [0.1, 0.15) is 79.6 Å². The lowest BCUT2D eigenvalue weighted by Gasteiger charge is -2.30. The normalized spacial score (nSPS) is 18.2. The first-order chi connectivity index (χ1) is 26.8. The number of ether oxygens (including phenoxy) is 1. The van der Waals surface area contributed by atoms with Crippen molar-refractivity contribution in [3.05, 3.63) is 82.9 Å². The first kappa shape index (κ1) is 42.0. The van der Waals surface area contributed by atoms with E-state index in [0.717, 1.165) is 22.3 Å². The van der Waals surface area contributed by atoms with Crippen LogP contribution in [0.4, 0.5) is 10.6 Å². The second-order valence-corrected chi connectivity index (χ2v) is 14.7. The number of aliphatic hydroxyl groups excluding tert-OH is 2. The molecule has 0 radical (unpaired) electrons. The summed E-state index contributed by atoms with van der Waals surface area (Å²) in [6, 6.07) is 16.9. The number of urea groups is 1. The van der Waals surface area contributed by atoms with Crippen LogP contribution in [-0.2, 0) is 9.53 Å². The molecule has 16 nitrogen and oxygen atoms in total. The lowest BCUT2D eigenvalue weighted by atomic mass is 9.89. The Hall–Kier alpha value is -5.16. The first-order valence-corrected chi connectivity index (χ1v) is 19.3. The number of fused-ring (bicyclic) bond motifs is 1. The van der Waals surface area contributed by atoms with Gasteiger partial charge in [0, 0.05) is 57.3 Å². The highest BCUT2D eigenvalue weighted by Crippen LogP contribution is 2.33. The molecule has 0 bridgehead atoms. The molecule has 4 unspecified atom stereocenters. The highest BCUT2D eigenvalue weighted by atomic mass is 16.6. The van der Waals surface area contributed by atoms with Crippen LogP contribution >= 0.6 is 0 Å². The van der Waals surface area contributed by atoms with Crippen molar-refractivity contribution in [1.82, 2.24) is 45.7 Å². The van der Waals surface area contributed by atoms with Crippen molar-refractivity contribution in [2.45, 2.75) is 91.0 Å². The fraction of sp³-hybridized carbons (Fsp3) is 0.500. The van der Waals surface area contributed by atoms with Gasteiger partial charge in [0.1, 0.15) is 12.2 Å². The summed E-state index contributed by atoms with van der Waals surface area (Å²) in [7, 11) is 0. The van der Waals surface area contributed by atoms with Gasteiger partial charge in [0.2, 0.25) is 5.82 Å². The van der Waals surface area contributed by atoms with Crippen LogP contribution < -0.4 is 26.6 Å². The van der Waals surface area contributed by atoms with Crippen LogP contribution in [0.2, 0.25) is 0 Å². The van der Waals surface area contributed by atoms with Crippen LogP contribution in [0.25, 0.3) is 11.2 Å². The number of aliphatic hydroxyl groups is 2. The molecule has 302 valence electrons. The molecule has 1 fully saturated rings. The molecule has 1 aliphatic rings. The van der Waals surface area contributed by atoms with E-state index in [2.05, 4.69) is 98.4 Å². The molecule has 5 rings (SSSR count). The second kappa shape index (κ2) is 19.1. The topological polar surface area (TPSA) is 208 Å². The molecule has 1 saturated heterocycles. The predicted octanol–water partition coefficient (Wildman–Crippen LogP) is 2.59. The van der Waals surface area contributed by atoms with Crippen molar-refractivity contribution in [2.24, 2.45) is 0 Å². The fourth-order valence-corrected chi connectivity index (χ4v) is 7.01. The molecule has 7 N–H and O–H groups in total. The van der Waals surface area contributed by atoms with E-state index in [1.54, 1.807) is 6.92 Å². The zero-order valence-corrected chi connectivity index (χ0v) is 33.2. The SMILES string of the molecule is CCNC(=O)C1OC(n2cnc3c(NCC(c4cccc(C)c4)c4cccc(C)c4)nc(C(=O)NCCNC(=O)NCCN(C(C)C)C(C)C)nc32)C(O)C1O. The number of imidazole rings is 1. The summed E-state index contributed by atoms with van der Waals surface area (Å²) in [6.45, 7) is 16.4.